The molecule has 5 nitrogen and oxygen atoms in total. The predicted molar refractivity (Wildman–Crippen MR) is 81.0 cm³/mol. The summed E-state index contributed by atoms with van der Waals surface area (Å²) in [7, 11) is -3.55. The molecule has 0 aliphatic carbocycles. The molecule has 0 bridgehead atoms. The molecule has 1 saturated heterocycles. The van der Waals surface area contributed by atoms with E-state index in [0.29, 0.717) is 30.1 Å². The highest BCUT2D eigenvalue weighted by atomic mass is 32.2. The highest BCUT2D eigenvalue weighted by Crippen LogP contribution is 2.28. The van der Waals surface area contributed by atoms with E-state index in [1.54, 1.807) is 19.1 Å². The standard InChI is InChI=1S/C15H21N3O2S/c1-11-5-6-18(14(7-11)10-17)21(19,20)15-4-3-13(9-16)12(2)8-15/h3-4,8,11,14H,5-7,10,17H2,1-2H3. The molecule has 2 atom stereocenters. The second kappa shape index (κ2) is 6.14. The van der Waals surface area contributed by atoms with E-state index < -0.39 is 10.0 Å². The van der Waals surface area contributed by atoms with E-state index >= 15 is 0 Å². The van der Waals surface area contributed by atoms with Crippen molar-refractivity contribution < 1.29 is 8.42 Å². The minimum atomic E-state index is -3.55. The predicted octanol–water partition coefficient (Wildman–Crippen LogP) is 1.61. The fourth-order valence-corrected chi connectivity index (χ4v) is 4.56. The Morgan fingerprint density at radius 2 is 2.19 bits per heavy atom. The molecule has 21 heavy (non-hydrogen) atoms. The number of nitrogens with two attached hydrogens (primary N) is 1. The zero-order valence-electron chi connectivity index (χ0n) is 12.4. The summed E-state index contributed by atoms with van der Waals surface area (Å²) in [5.74, 6) is 0.493. The maximum atomic E-state index is 12.8. The molecule has 0 aromatic heterocycles. The van der Waals surface area contributed by atoms with Gasteiger partial charge in [0.25, 0.3) is 0 Å². The van der Waals surface area contributed by atoms with Gasteiger partial charge in [-0.3, -0.25) is 0 Å². The van der Waals surface area contributed by atoms with Gasteiger partial charge in [-0.05, 0) is 49.4 Å². The first-order chi connectivity index (χ1) is 9.90. The van der Waals surface area contributed by atoms with Gasteiger partial charge in [-0.2, -0.15) is 9.57 Å². The summed E-state index contributed by atoms with van der Waals surface area (Å²) in [5, 5.41) is 8.94. The lowest BCUT2D eigenvalue weighted by atomic mass is 9.94. The second-order valence-corrected chi connectivity index (χ2v) is 7.61. The topological polar surface area (TPSA) is 87.2 Å². The number of rotatable bonds is 3. The van der Waals surface area contributed by atoms with Gasteiger partial charge in [0.15, 0.2) is 0 Å². The Labute approximate surface area is 126 Å². The summed E-state index contributed by atoms with van der Waals surface area (Å²) in [5.41, 5.74) is 6.93. The maximum Gasteiger partial charge on any atom is 0.243 e. The van der Waals surface area contributed by atoms with Crippen LogP contribution in [0.3, 0.4) is 0 Å². The molecule has 6 heteroatoms. The average molecular weight is 307 g/mol. The van der Waals surface area contributed by atoms with Crippen molar-refractivity contribution >= 4 is 10.0 Å². The normalized spacial score (nSPS) is 23.7. The van der Waals surface area contributed by atoms with E-state index in [2.05, 4.69) is 13.0 Å². The first-order valence-corrected chi connectivity index (χ1v) is 8.56. The quantitative estimate of drug-likeness (QED) is 0.919. The third kappa shape index (κ3) is 3.10. The van der Waals surface area contributed by atoms with Crippen LogP contribution in [0.1, 0.15) is 30.9 Å². The Morgan fingerprint density at radius 3 is 2.76 bits per heavy atom. The number of hydrogen-bond donors (Lipinski definition) is 1. The first-order valence-electron chi connectivity index (χ1n) is 7.12. The van der Waals surface area contributed by atoms with Gasteiger partial charge >= 0.3 is 0 Å². The highest BCUT2D eigenvalue weighted by molar-refractivity contribution is 7.89. The molecule has 2 N–H and O–H groups in total. The Bertz CT molecular complexity index is 664. The maximum absolute atomic E-state index is 12.8. The van der Waals surface area contributed by atoms with Gasteiger partial charge in [-0.25, -0.2) is 8.42 Å². The summed E-state index contributed by atoms with van der Waals surface area (Å²) in [6.45, 7) is 4.71. The first kappa shape index (κ1) is 16.0. The molecule has 0 saturated carbocycles. The minimum absolute atomic E-state index is 0.144. The second-order valence-electron chi connectivity index (χ2n) is 5.72. The smallest absolute Gasteiger partial charge is 0.243 e. The van der Waals surface area contributed by atoms with Gasteiger partial charge in [-0.15, -0.1) is 0 Å². The van der Waals surface area contributed by atoms with Crippen molar-refractivity contribution in [3.8, 4) is 6.07 Å². The van der Waals surface area contributed by atoms with Crippen LogP contribution in [-0.2, 0) is 10.0 Å². The van der Waals surface area contributed by atoms with E-state index in [9.17, 15) is 8.42 Å². The third-order valence-corrected chi connectivity index (χ3v) is 6.07. The summed E-state index contributed by atoms with van der Waals surface area (Å²) < 4.78 is 27.1. The van der Waals surface area contributed by atoms with Gasteiger partial charge < -0.3 is 5.73 Å². The molecule has 0 amide bonds. The van der Waals surface area contributed by atoms with Crippen LogP contribution in [0.15, 0.2) is 23.1 Å². The van der Waals surface area contributed by atoms with Crippen molar-refractivity contribution in [3.63, 3.8) is 0 Å². The number of nitrogens with zero attached hydrogens (tertiary/aromatic N) is 2. The van der Waals surface area contributed by atoms with Gasteiger partial charge in [0.2, 0.25) is 10.0 Å². The van der Waals surface area contributed by atoms with E-state index in [-0.39, 0.29) is 10.9 Å². The van der Waals surface area contributed by atoms with Crippen molar-refractivity contribution in [1.29, 1.82) is 5.26 Å². The number of benzene rings is 1. The fraction of sp³-hybridized carbons (Fsp3) is 0.533. The van der Waals surface area contributed by atoms with Gasteiger partial charge in [0.05, 0.1) is 16.5 Å². The van der Waals surface area contributed by atoms with Crippen molar-refractivity contribution in [2.24, 2.45) is 11.7 Å². The third-order valence-electron chi connectivity index (χ3n) is 4.12. The number of piperidine rings is 1. The van der Waals surface area contributed by atoms with Gasteiger partial charge in [0, 0.05) is 19.1 Å². The monoisotopic (exact) mass is 307 g/mol. The zero-order valence-corrected chi connectivity index (χ0v) is 13.2. The minimum Gasteiger partial charge on any atom is -0.329 e. The lowest BCUT2D eigenvalue weighted by Gasteiger charge is -2.36. The van der Waals surface area contributed by atoms with Crippen molar-refractivity contribution in [2.45, 2.75) is 37.6 Å². The molecule has 114 valence electrons. The molecule has 1 heterocycles. The van der Waals surface area contributed by atoms with E-state index in [0.717, 1.165) is 12.8 Å². The van der Waals surface area contributed by atoms with Crippen molar-refractivity contribution in [1.82, 2.24) is 4.31 Å². The largest absolute Gasteiger partial charge is 0.329 e. The Hall–Kier alpha value is -1.42. The van der Waals surface area contributed by atoms with Crippen LogP contribution in [0.4, 0.5) is 0 Å². The molecule has 1 aliphatic heterocycles. The fourth-order valence-electron chi connectivity index (χ4n) is 2.82. The zero-order chi connectivity index (χ0) is 15.6. The molecule has 2 unspecified atom stereocenters. The highest BCUT2D eigenvalue weighted by Gasteiger charge is 2.35. The Morgan fingerprint density at radius 1 is 1.48 bits per heavy atom. The summed E-state index contributed by atoms with van der Waals surface area (Å²) in [6.07, 6.45) is 1.65. The summed E-state index contributed by atoms with van der Waals surface area (Å²) in [4.78, 5) is 0.243. The molecule has 2 rings (SSSR count). The SMILES string of the molecule is Cc1cc(S(=O)(=O)N2CCC(C)CC2CN)ccc1C#N. The molecule has 1 aliphatic rings. The number of sulfonamides is 1. The average Bonchev–Trinajstić information content (AvgIpc) is 2.46. The van der Waals surface area contributed by atoms with Crippen LogP contribution < -0.4 is 5.73 Å². The van der Waals surface area contributed by atoms with Crippen LogP contribution in [0, 0.1) is 24.2 Å². The van der Waals surface area contributed by atoms with Crippen LogP contribution in [0.2, 0.25) is 0 Å². The molecule has 1 fully saturated rings. The number of hydrogen-bond acceptors (Lipinski definition) is 4. The number of nitriles is 1. The van der Waals surface area contributed by atoms with E-state index in [1.165, 1.54) is 10.4 Å². The van der Waals surface area contributed by atoms with E-state index in [1.807, 2.05) is 0 Å². The molecule has 1 aromatic rings. The van der Waals surface area contributed by atoms with Gasteiger partial charge in [-0.1, -0.05) is 6.92 Å². The van der Waals surface area contributed by atoms with Crippen LogP contribution in [0.5, 0.6) is 0 Å². The molecule has 0 spiro atoms. The number of aryl methyl sites for hydroxylation is 1. The molecular weight excluding hydrogens is 286 g/mol. The summed E-state index contributed by atoms with van der Waals surface area (Å²) >= 11 is 0. The van der Waals surface area contributed by atoms with Crippen LogP contribution >= 0.6 is 0 Å². The molecular formula is C15H21N3O2S. The van der Waals surface area contributed by atoms with Crippen molar-refractivity contribution in [3.05, 3.63) is 29.3 Å². The lowest BCUT2D eigenvalue weighted by molar-refractivity contribution is 0.211. The van der Waals surface area contributed by atoms with Crippen molar-refractivity contribution in [2.75, 3.05) is 13.1 Å². The lowest BCUT2D eigenvalue weighted by Crippen LogP contribution is -2.49. The van der Waals surface area contributed by atoms with Crippen LogP contribution in [-0.4, -0.2) is 31.9 Å². The van der Waals surface area contributed by atoms with Crippen LogP contribution in [0.25, 0.3) is 0 Å². The van der Waals surface area contributed by atoms with Gasteiger partial charge in [0.1, 0.15) is 0 Å². The Kier molecular flexibility index (Phi) is 4.67. The molecule has 0 radical (unpaired) electrons. The molecule has 1 aromatic carbocycles. The Balaban J connectivity index is 2.37. The van der Waals surface area contributed by atoms with E-state index in [4.69, 9.17) is 11.0 Å². The summed E-state index contributed by atoms with van der Waals surface area (Å²) in [6, 6.07) is 6.54.